The molecule has 0 radical (unpaired) electrons. The third-order valence-electron chi connectivity index (χ3n) is 2.81. The van der Waals surface area contributed by atoms with E-state index >= 15 is 0 Å². The van der Waals surface area contributed by atoms with Gasteiger partial charge in [0.25, 0.3) is 0 Å². The summed E-state index contributed by atoms with van der Waals surface area (Å²) < 4.78 is 0. The predicted octanol–water partition coefficient (Wildman–Crippen LogP) is 1.12. The van der Waals surface area contributed by atoms with Crippen LogP contribution in [0.5, 0.6) is 5.75 Å². The summed E-state index contributed by atoms with van der Waals surface area (Å²) in [4.78, 5) is 0. The lowest BCUT2D eigenvalue weighted by Crippen LogP contribution is -2.60. The highest BCUT2D eigenvalue weighted by Gasteiger charge is 2.27. The summed E-state index contributed by atoms with van der Waals surface area (Å²) in [5.41, 5.74) is 1.66. The molecule has 1 rings (SSSR count). The average molecular weight is 244 g/mol. The highest BCUT2D eigenvalue weighted by atomic mass is 35.5. The van der Waals surface area contributed by atoms with E-state index in [0.717, 1.165) is 11.1 Å². The minimum Gasteiger partial charge on any atom is -0.506 e. The van der Waals surface area contributed by atoms with Gasteiger partial charge in [0.15, 0.2) is 0 Å². The van der Waals surface area contributed by atoms with Crippen molar-refractivity contribution in [2.75, 3.05) is 21.1 Å². The first-order valence-electron chi connectivity index (χ1n) is 5.07. The molecule has 16 heavy (non-hydrogen) atoms. The first kappa shape index (κ1) is 13.3. The Kier molecular flexibility index (Phi) is 4.15. The number of aromatic hydroxyl groups is 1. The topological polar surface area (TPSA) is 56.3 Å². The molecule has 90 valence electrons. The lowest BCUT2D eigenvalue weighted by molar-refractivity contribution is 0.250. The van der Waals surface area contributed by atoms with Gasteiger partial charge in [0.1, 0.15) is 11.5 Å². The van der Waals surface area contributed by atoms with Gasteiger partial charge in [0.2, 0.25) is 0 Å². The Morgan fingerprint density at radius 2 is 1.62 bits per heavy atom. The van der Waals surface area contributed by atoms with Crippen molar-refractivity contribution in [2.45, 2.75) is 12.7 Å². The first-order valence-corrected chi connectivity index (χ1v) is 5.45. The van der Waals surface area contributed by atoms with Gasteiger partial charge in [0, 0.05) is 5.56 Å². The number of hydrogen-bond acceptors (Lipinski definition) is 4. The minimum atomic E-state index is -0.553. The molecule has 0 aliphatic carbocycles. The lowest BCUT2D eigenvalue weighted by Gasteiger charge is -2.33. The summed E-state index contributed by atoms with van der Waals surface area (Å²) in [5.74, 6) is -0.426. The van der Waals surface area contributed by atoms with Gasteiger partial charge in [-0.15, -0.1) is 0 Å². The molecule has 0 aromatic heterocycles. The molecule has 0 unspecified atom stereocenters. The summed E-state index contributed by atoms with van der Waals surface area (Å²) in [6, 6.07) is 3.61. The Balaban J connectivity index is 3.31. The van der Waals surface area contributed by atoms with Gasteiger partial charge in [-0.25, -0.2) is 0 Å². The number of hydrogen-bond donors (Lipinski definition) is 4. The van der Waals surface area contributed by atoms with Crippen molar-refractivity contribution in [2.24, 2.45) is 0 Å². The van der Waals surface area contributed by atoms with E-state index in [0.29, 0.717) is 5.02 Å². The zero-order chi connectivity index (χ0) is 12.3. The Morgan fingerprint density at radius 1 is 1.12 bits per heavy atom. The van der Waals surface area contributed by atoms with Gasteiger partial charge in [-0.05, 0) is 45.8 Å². The Morgan fingerprint density at radius 3 is 2.00 bits per heavy atom. The van der Waals surface area contributed by atoms with Crippen LogP contribution >= 0.6 is 11.6 Å². The molecule has 0 heterocycles. The average Bonchev–Trinajstić information content (AvgIpc) is 2.29. The van der Waals surface area contributed by atoms with Gasteiger partial charge in [0.05, 0.1) is 5.02 Å². The molecule has 0 saturated carbocycles. The van der Waals surface area contributed by atoms with Gasteiger partial charge >= 0.3 is 0 Å². The van der Waals surface area contributed by atoms with Crippen molar-refractivity contribution < 1.29 is 5.11 Å². The molecule has 0 aliphatic rings. The van der Waals surface area contributed by atoms with Crippen LogP contribution in [0.15, 0.2) is 12.1 Å². The van der Waals surface area contributed by atoms with E-state index in [1.807, 2.05) is 34.1 Å². The SMILES string of the molecule is CNC(NC)(NC)c1cc(C)c(O)c(Cl)c1. The summed E-state index contributed by atoms with van der Waals surface area (Å²) in [7, 11) is 5.51. The van der Waals surface area contributed by atoms with Crippen LogP contribution in [0.1, 0.15) is 11.1 Å². The molecular weight excluding hydrogens is 226 g/mol. The third kappa shape index (κ3) is 2.15. The van der Waals surface area contributed by atoms with E-state index in [4.69, 9.17) is 11.6 Å². The van der Waals surface area contributed by atoms with Crippen LogP contribution in [-0.4, -0.2) is 26.2 Å². The van der Waals surface area contributed by atoms with Gasteiger partial charge in [-0.1, -0.05) is 11.6 Å². The number of rotatable bonds is 4. The zero-order valence-electron chi connectivity index (χ0n) is 9.98. The predicted molar refractivity (Wildman–Crippen MR) is 66.7 cm³/mol. The van der Waals surface area contributed by atoms with E-state index < -0.39 is 5.79 Å². The summed E-state index contributed by atoms with van der Waals surface area (Å²) in [6.07, 6.45) is 0. The quantitative estimate of drug-likeness (QED) is 0.599. The van der Waals surface area contributed by atoms with Gasteiger partial charge in [-0.3, -0.25) is 16.0 Å². The van der Waals surface area contributed by atoms with Crippen molar-refractivity contribution in [3.63, 3.8) is 0 Å². The highest BCUT2D eigenvalue weighted by molar-refractivity contribution is 6.32. The maximum Gasteiger partial charge on any atom is 0.149 e. The van der Waals surface area contributed by atoms with E-state index in [2.05, 4.69) is 16.0 Å². The smallest absolute Gasteiger partial charge is 0.149 e. The number of halogens is 1. The highest BCUT2D eigenvalue weighted by Crippen LogP contribution is 2.30. The van der Waals surface area contributed by atoms with Gasteiger partial charge < -0.3 is 5.11 Å². The maximum absolute atomic E-state index is 9.62. The van der Waals surface area contributed by atoms with Gasteiger partial charge in [-0.2, -0.15) is 0 Å². The zero-order valence-corrected chi connectivity index (χ0v) is 10.7. The lowest BCUT2D eigenvalue weighted by atomic mass is 10.0. The molecule has 0 saturated heterocycles. The monoisotopic (exact) mass is 243 g/mol. The Hall–Kier alpha value is -0.810. The summed E-state index contributed by atoms with van der Waals surface area (Å²) >= 11 is 5.96. The molecule has 0 amide bonds. The van der Waals surface area contributed by atoms with E-state index in [-0.39, 0.29) is 5.75 Å². The fourth-order valence-electron chi connectivity index (χ4n) is 1.76. The molecule has 4 N–H and O–H groups in total. The van der Waals surface area contributed by atoms with Crippen LogP contribution in [0.3, 0.4) is 0 Å². The van der Waals surface area contributed by atoms with Crippen LogP contribution in [0, 0.1) is 6.92 Å². The number of aryl methyl sites for hydroxylation is 1. The molecule has 0 fully saturated rings. The van der Waals surface area contributed by atoms with Crippen LogP contribution in [0.4, 0.5) is 0 Å². The molecule has 4 nitrogen and oxygen atoms in total. The van der Waals surface area contributed by atoms with Crippen LogP contribution in [0.2, 0.25) is 5.02 Å². The Labute approximate surface area is 101 Å². The molecule has 0 atom stereocenters. The van der Waals surface area contributed by atoms with Crippen molar-refractivity contribution >= 4 is 11.6 Å². The molecule has 5 heteroatoms. The van der Waals surface area contributed by atoms with Crippen molar-refractivity contribution in [3.8, 4) is 5.75 Å². The van der Waals surface area contributed by atoms with E-state index in [1.54, 1.807) is 6.07 Å². The van der Waals surface area contributed by atoms with Crippen LogP contribution in [0.25, 0.3) is 0 Å². The molecule has 1 aromatic rings. The summed E-state index contributed by atoms with van der Waals surface area (Å²) in [6.45, 7) is 1.82. The first-order chi connectivity index (χ1) is 7.50. The second-order valence-corrected chi connectivity index (χ2v) is 4.03. The van der Waals surface area contributed by atoms with Crippen LogP contribution in [-0.2, 0) is 5.79 Å². The van der Waals surface area contributed by atoms with Crippen molar-refractivity contribution in [3.05, 3.63) is 28.3 Å². The normalized spacial score (nSPS) is 11.8. The number of benzene rings is 1. The van der Waals surface area contributed by atoms with Crippen molar-refractivity contribution in [1.82, 2.24) is 16.0 Å². The number of phenolic OH excluding ortho intramolecular Hbond substituents is 1. The second kappa shape index (κ2) is 5.01. The molecule has 0 aliphatic heterocycles. The van der Waals surface area contributed by atoms with E-state index in [1.165, 1.54) is 0 Å². The molecule has 1 aromatic carbocycles. The standard InChI is InChI=1S/C11H18ClN3O/c1-7-5-8(6-9(12)10(7)16)11(13-2,14-3)15-4/h5-6,13-16H,1-4H3. The fraction of sp³-hybridized carbons (Fsp3) is 0.455. The van der Waals surface area contributed by atoms with E-state index in [9.17, 15) is 5.11 Å². The molecule has 0 bridgehead atoms. The number of nitrogens with one attached hydrogen (secondary N) is 3. The Bertz CT molecular complexity index is 346. The molecular formula is C11H18ClN3O. The second-order valence-electron chi connectivity index (χ2n) is 3.62. The summed E-state index contributed by atoms with van der Waals surface area (Å²) in [5, 5.41) is 19.4. The maximum atomic E-state index is 9.62. The van der Waals surface area contributed by atoms with Crippen molar-refractivity contribution in [1.29, 1.82) is 0 Å². The van der Waals surface area contributed by atoms with Crippen LogP contribution < -0.4 is 16.0 Å². The largest absolute Gasteiger partial charge is 0.506 e. The fourth-order valence-corrected chi connectivity index (χ4v) is 2.03. The number of phenols is 1. The minimum absolute atomic E-state index is 0.127. The third-order valence-corrected chi connectivity index (χ3v) is 3.10. The molecule has 0 spiro atoms.